The number of aryl methyl sites for hydroxylation is 1. The summed E-state index contributed by atoms with van der Waals surface area (Å²) in [6.45, 7) is 1.95. The predicted octanol–water partition coefficient (Wildman–Crippen LogP) is 4.07. The molecule has 31 heavy (non-hydrogen) atoms. The van der Waals surface area contributed by atoms with Crippen LogP contribution >= 0.6 is 0 Å². The van der Waals surface area contributed by atoms with Gasteiger partial charge in [-0.05, 0) is 61.1 Å². The monoisotopic (exact) mass is 415 g/mol. The lowest BCUT2D eigenvalue weighted by atomic mass is 10.1. The van der Waals surface area contributed by atoms with Gasteiger partial charge in [0.15, 0.2) is 5.82 Å². The zero-order valence-corrected chi connectivity index (χ0v) is 17.0. The summed E-state index contributed by atoms with van der Waals surface area (Å²) in [5, 5.41) is 4.02. The van der Waals surface area contributed by atoms with Crippen molar-refractivity contribution in [3.8, 4) is 5.75 Å². The van der Waals surface area contributed by atoms with Gasteiger partial charge in [0, 0.05) is 23.2 Å². The fraction of sp³-hybridized carbons (Fsp3) is 0.217. The lowest BCUT2D eigenvalue weighted by molar-refractivity contribution is 0.296. The van der Waals surface area contributed by atoms with Crippen LogP contribution in [0.1, 0.15) is 35.7 Å². The zero-order chi connectivity index (χ0) is 21.4. The molecular weight excluding hydrogens is 394 g/mol. The van der Waals surface area contributed by atoms with Crippen molar-refractivity contribution in [2.24, 2.45) is 0 Å². The topological polar surface area (TPSA) is 116 Å². The first-order valence-corrected chi connectivity index (χ1v) is 10.1. The standard InChI is InChI=1S/C23H21N5O3/c1-13-10-21(29)31-19-11-17(8-9-18(13)19)30-12-20-26-22(24)28-23(27-20)25-16-6-4-15(5-7-16)14-2-3-14/h4-11,14H,2-3,12H2,1H3,(H3,24,25,26,27,28). The molecule has 156 valence electrons. The van der Waals surface area contributed by atoms with Crippen LogP contribution in [0.2, 0.25) is 0 Å². The van der Waals surface area contributed by atoms with Crippen LogP contribution in [0.4, 0.5) is 17.6 Å². The number of ether oxygens (including phenoxy) is 1. The Morgan fingerprint density at radius 3 is 2.68 bits per heavy atom. The number of nitrogens with two attached hydrogens (primary N) is 1. The van der Waals surface area contributed by atoms with Crippen molar-refractivity contribution in [2.45, 2.75) is 32.3 Å². The molecule has 0 bridgehead atoms. The number of aromatic nitrogens is 3. The molecule has 5 rings (SSSR count). The van der Waals surface area contributed by atoms with E-state index in [-0.39, 0.29) is 12.6 Å². The average molecular weight is 415 g/mol. The number of hydrogen-bond acceptors (Lipinski definition) is 8. The summed E-state index contributed by atoms with van der Waals surface area (Å²) in [4.78, 5) is 24.3. The first-order chi connectivity index (χ1) is 15.0. The molecule has 0 aliphatic heterocycles. The molecule has 0 unspecified atom stereocenters. The first kappa shape index (κ1) is 19.0. The van der Waals surface area contributed by atoms with E-state index in [1.54, 1.807) is 12.1 Å². The number of nitrogens with zero attached hydrogens (tertiary/aromatic N) is 3. The molecule has 4 aromatic rings. The Bertz CT molecular complexity index is 1310. The predicted molar refractivity (Wildman–Crippen MR) is 117 cm³/mol. The molecule has 2 heterocycles. The van der Waals surface area contributed by atoms with Crippen LogP contribution < -0.4 is 21.4 Å². The van der Waals surface area contributed by atoms with Crippen LogP contribution in [0.25, 0.3) is 11.0 Å². The molecule has 1 saturated carbocycles. The average Bonchev–Trinajstić information content (AvgIpc) is 3.57. The summed E-state index contributed by atoms with van der Waals surface area (Å²) in [5.74, 6) is 2.08. The van der Waals surface area contributed by atoms with Crippen LogP contribution in [0.5, 0.6) is 5.75 Å². The lowest BCUT2D eigenvalue weighted by Gasteiger charge is -2.10. The fourth-order valence-electron chi connectivity index (χ4n) is 3.49. The van der Waals surface area contributed by atoms with Crippen molar-refractivity contribution in [2.75, 3.05) is 11.1 Å². The molecule has 8 heteroatoms. The lowest BCUT2D eigenvalue weighted by Crippen LogP contribution is -2.09. The number of fused-ring (bicyclic) bond motifs is 1. The van der Waals surface area contributed by atoms with E-state index in [2.05, 4.69) is 32.4 Å². The summed E-state index contributed by atoms with van der Waals surface area (Å²) in [6.07, 6.45) is 2.53. The third-order valence-corrected chi connectivity index (χ3v) is 5.21. The maximum Gasteiger partial charge on any atom is 0.336 e. The molecule has 2 aromatic carbocycles. The van der Waals surface area contributed by atoms with Gasteiger partial charge >= 0.3 is 5.63 Å². The Morgan fingerprint density at radius 1 is 1.10 bits per heavy atom. The highest BCUT2D eigenvalue weighted by molar-refractivity contribution is 5.81. The number of rotatable bonds is 6. The number of nitrogen functional groups attached to an aromatic ring is 1. The van der Waals surface area contributed by atoms with Crippen LogP contribution in [-0.2, 0) is 6.61 Å². The highest BCUT2D eigenvalue weighted by atomic mass is 16.5. The minimum absolute atomic E-state index is 0.0869. The Kier molecular flexibility index (Phi) is 4.74. The Hall–Kier alpha value is -3.94. The maximum absolute atomic E-state index is 11.6. The van der Waals surface area contributed by atoms with E-state index in [1.165, 1.54) is 24.5 Å². The van der Waals surface area contributed by atoms with E-state index in [4.69, 9.17) is 14.9 Å². The number of anilines is 3. The maximum atomic E-state index is 11.6. The molecule has 3 N–H and O–H groups in total. The van der Waals surface area contributed by atoms with Crippen molar-refractivity contribution in [3.05, 3.63) is 75.9 Å². The fourth-order valence-corrected chi connectivity index (χ4v) is 3.49. The van der Waals surface area contributed by atoms with Gasteiger partial charge in [-0.3, -0.25) is 0 Å². The smallest absolute Gasteiger partial charge is 0.336 e. The first-order valence-electron chi connectivity index (χ1n) is 10.1. The molecule has 2 aromatic heterocycles. The van der Waals surface area contributed by atoms with Crippen LogP contribution in [0.15, 0.2) is 57.7 Å². The number of benzene rings is 2. The molecule has 0 saturated heterocycles. The van der Waals surface area contributed by atoms with E-state index in [1.807, 2.05) is 25.1 Å². The van der Waals surface area contributed by atoms with Gasteiger partial charge in [0.25, 0.3) is 0 Å². The number of hydrogen-bond donors (Lipinski definition) is 2. The second kappa shape index (κ2) is 7.71. The van der Waals surface area contributed by atoms with Crippen LogP contribution in [0.3, 0.4) is 0 Å². The summed E-state index contributed by atoms with van der Waals surface area (Å²) < 4.78 is 11.1. The molecule has 8 nitrogen and oxygen atoms in total. The van der Waals surface area contributed by atoms with Gasteiger partial charge in [0.05, 0.1) is 0 Å². The van der Waals surface area contributed by atoms with Crippen molar-refractivity contribution >= 4 is 28.6 Å². The SMILES string of the molecule is Cc1cc(=O)oc2cc(OCc3nc(N)nc(Nc4ccc(C5CC5)cc4)n3)ccc12. The Morgan fingerprint density at radius 2 is 1.90 bits per heavy atom. The second-order valence-corrected chi connectivity index (χ2v) is 7.65. The van der Waals surface area contributed by atoms with Gasteiger partial charge in [-0.1, -0.05) is 12.1 Å². The van der Waals surface area contributed by atoms with E-state index < -0.39 is 5.63 Å². The summed E-state index contributed by atoms with van der Waals surface area (Å²) in [6, 6.07) is 15.1. The Labute approximate surface area is 178 Å². The Balaban J connectivity index is 1.31. The van der Waals surface area contributed by atoms with Crippen molar-refractivity contribution in [1.82, 2.24) is 15.0 Å². The van der Waals surface area contributed by atoms with E-state index in [0.29, 0.717) is 29.0 Å². The quantitative estimate of drug-likeness (QED) is 0.453. The third-order valence-electron chi connectivity index (χ3n) is 5.21. The largest absolute Gasteiger partial charge is 0.485 e. The molecule has 1 aliphatic rings. The summed E-state index contributed by atoms with van der Waals surface area (Å²) in [7, 11) is 0. The van der Waals surface area contributed by atoms with Crippen LogP contribution in [-0.4, -0.2) is 15.0 Å². The van der Waals surface area contributed by atoms with Crippen LogP contribution in [0, 0.1) is 6.92 Å². The van der Waals surface area contributed by atoms with E-state index >= 15 is 0 Å². The molecule has 0 spiro atoms. The van der Waals surface area contributed by atoms with Gasteiger partial charge in [0.1, 0.15) is 17.9 Å². The minimum Gasteiger partial charge on any atom is -0.485 e. The summed E-state index contributed by atoms with van der Waals surface area (Å²) >= 11 is 0. The minimum atomic E-state index is -0.395. The highest BCUT2D eigenvalue weighted by Gasteiger charge is 2.22. The van der Waals surface area contributed by atoms with Gasteiger partial charge in [-0.15, -0.1) is 0 Å². The van der Waals surface area contributed by atoms with Crippen molar-refractivity contribution in [1.29, 1.82) is 0 Å². The normalized spacial score (nSPS) is 13.3. The van der Waals surface area contributed by atoms with Gasteiger partial charge in [0.2, 0.25) is 11.9 Å². The van der Waals surface area contributed by atoms with Gasteiger partial charge in [-0.2, -0.15) is 15.0 Å². The molecular formula is C23H21N5O3. The van der Waals surface area contributed by atoms with E-state index in [9.17, 15) is 4.79 Å². The summed E-state index contributed by atoms with van der Waals surface area (Å²) in [5.41, 5.74) is 9.01. The van der Waals surface area contributed by atoms with Gasteiger partial charge < -0.3 is 20.2 Å². The molecule has 0 atom stereocenters. The van der Waals surface area contributed by atoms with Crippen molar-refractivity contribution < 1.29 is 9.15 Å². The highest BCUT2D eigenvalue weighted by Crippen LogP contribution is 2.40. The molecule has 0 radical (unpaired) electrons. The number of nitrogens with one attached hydrogen (secondary N) is 1. The van der Waals surface area contributed by atoms with E-state index in [0.717, 1.165) is 16.6 Å². The van der Waals surface area contributed by atoms with Crippen molar-refractivity contribution in [3.63, 3.8) is 0 Å². The second-order valence-electron chi connectivity index (χ2n) is 7.65. The molecule has 1 aliphatic carbocycles. The third kappa shape index (κ3) is 4.32. The zero-order valence-electron chi connectivity index (χ0n) is 17.0. The molecule has 1 fully saturated rings. The van der Waals surface area contributed by atoms with Gasteiger partial charge in [-0.25, -0.2) is 4.79 Å². The molecule has 0 amide bonds.